The second-order valence-corrected chi connectivity index (χ2v) is 12.4. The van der Waals surface area contributed by atoms with Gasteiger partial charge in [0.25, 0.3) is 0 Å². The van der Waals surface area contributed by atoms with Crippen LogP contribution in [0.3, 0.4) is 0 Å². The van der Waals surface area contributed by atoms with Crippen molar-refractivity contribution in [2.24, 2.45) is 0 Å². The molecule has 0 bridgehead atoms. The largest absolute Gasteiger partial charge is 0.374 e. The molecule has 1 fully saturated rings. The van der Waals surface area contributed by atoms with Crippen molar-refractivity contribution in [3.05, 3.63) is 172 Å². The Morgan fingerprint density at radius 2 is 0.957 bits per heavy atom. The van der Waals surface area contributed by atoms with Gasteiger partial charge in [0, 0.05) is 10.2 Å². The summed E-state index contributed by atoms with van der Waals surface area (Å²) in [5.41, 5.74) is 5.18. The van der Waals surface area contributed by atoms with Crippen molar-refractivity contribution in [3.8, 4) is 0 Å². The van der Waals surface area contributed by atoms with Crippen LogP contribution in [0.15, 0.2) is 150 Å². The summed E-state index contributed by atoms with van der Waals surface area (Å²) in [7, 11) is 0. The fraction of sp³-hybridized carbons (Fsp3) is 0.250. The lowest BCUT2D eigenvalue weighted by molar-refractivity contribution is -0.286. The number of ether oxygens (including phenoxy) is 5. The van der Waals surface area contributed by atoms with Gasteiger partial charge >= 0.3 is 0 Å². The van der Waals surface area contributed by atoms with E-state index in [1.165, 1.54) is 0 Å². The van der Waals surface area contributed by atoms with Crippen molar-refractivity contribution in [2.75, 3.05) is 11.9 Å². The minimum Gasteiger partial charge on any atom is -0.374 e. The molecule has 0 spiro atoms. The summed E-state index contributed by atoms with van der Waals surface area (Å²) in [6, 6.07) is 48.2. The maximum Gasteiger partial charge on any atom is 0.181 e. The summed E-state index contributed by atoms with van der Waals surface area (Å²) in [5, 5.41) is 3.71. The van der Waals surface area contributed by atoms with Gasteiger partial charge in [0.05, 0.1) is 33.0 Å². The molecule has 5 aromatic rings. The van der Waals surface area contributed by atoms with E-state index in [9.17, 15) is 0 Å². The van der Waals surface area contributed by atoms with Crippen LogP contribution in [0.5, 0.6) is 0 Å². The zero-order chi connectivity index (χ0) is 32.1. The van der Waals surface area contributed by atoms with E-state index in [0.29, 0.717) is 33.0 Å². The van der Waals surface area contributed by atoms with Crippen LogP contribution < -0.4 is 5.32 Å². The molecule has 1 N–H and O–H groups in total. The van der Waals surface area contributed by atoms with E-state index in [1.807, 2.05) is 97.1 Å². The molecule has 5 atom stereocenters. The topological polar surface area (TPSA) is 58.2 Å². The molecule has 0 unspecified atom stereocenters. The van der Waals surface area contributed by atoms with Crippen molar-refractivity contribution in [1.29, 1.82) is 0 Å². The van der Waals surface area contributed by atoms with E-state index in [-0.39, 0.29) is 0 Å². The minimum absolute atomic E-state index is 0.298. The van der Waals surface area contributed by atoms with Crippen LogP contribution in [-0.4, -0.2) is 37.3 Å². The van der Waals surface area contributed by atoms with Crippen LogP contribution in [0.25, 0.3) is 0 Å². The van der Waals surface area contributed by atoms with Crippen molar-refractivity contribution in [1.82, 2.24) is 0 Å². The van der Waals surface area contributed by atoms with Crippen LogP contribution in [0, 0.1) is 0 Å². The summed E-state index contributed by atoms with van der Waals surface area (Å²) in [6.45, 7) is 1.92. The normalized spacial score (nSPS) is 20.9. The maximum atomic E-state index is 6.85. The summed E-state index contributed by atoms with van der Waals surface area (Å²) >= 11 is 3.72. The number of para-hydroxylation sites is 1. The predicted octanol–water partition coefficient (Wildman–Crippen LogP) is 8.56. The smallest absolute Gasteiger partial charge is 0.181 e. The first-order chi connectivity index (χ1) is 23.2. The number of nitrogens with one attached hydrogen (secondary N) is 1. The summed E-state index contributed by atoms with van der Waals surface area (Å²) < 4.78 is 34.2. The van der Waals surface area contributed by atoms with Crippen molar-refractivity contribution in [3.63, 3.8) is 0 Å². The number of rotatable bonds is 15. The molecule has 0 amide bonds. The molecule has 47 heavy (non-hydrogen) atoms. The lowest BCUT2D eigenvalue weighted by Gasteiger charge is -2.46. The third kappa shape index (κ3) is 9.61. The Kier molecular flexibility index (Phi) is 12.2. The van der Waals surface area contributed by atoms with Gasteiger partial charge < -0.3 is 29.0 Å². The highest BCUT2D eigenvalue weighted by Crippen LogP contribution is 2.33. The van der Waals surface area contributed by atoms with Crippen LogP contribution in [0.4, 0.5) is 5.69 Å². The van der Waals surface area contributed by atoms with E-state index < -0.39 is 30.6 Å². The molecule has 7 heteroatoms. The van der Waals surface area contributed by atoms with E-state index in [2.05, 4.69) is 69.8 Å². The summed E-state index contributed by atoms with van der Waals surface area (Å²) in [6.07, 6.45) is -2.09. The Morgan fingerprint density at radius 3 is 1.49 bits per heavy atom. The Hall–Kier alpha value is -3.82. The predicted molar refractivity (Wildman–Crippen MR) is 188 cm³/mol. The first kappa shape index (κ1) is 33.1. The van der Waals surface area contributed by atoms with Gasteiger partial charge in [-0.1, -0.05) is 133 Å². The monoisotopic (exact) mass is 693 g/mol. The molecule has 0 saturated carbocycles. The van der Waals surface area contributed by atoms with Crippen LogP contribution in [-0.2, 0) is 50.1 Å². The average molecular weight is 695 g/mol. The molecule has 0 radical (unpaired) electrons. The fourth-order valence-electron chi connectivity index (χ4n) is 5.64. The Bertz CT molecular complexity index is 1610. The molecule has 1 aliphatic rings. The maximum absolute atomic E-state index is 6.85. The lowest BCUT2D eigenvalue weighted by Crippen LogP contribution is -2.63. The van der Waals surface area contributed by atoms with Crippen LogP contribution in [0.1, 0.15) is 22.3 Å². The molecule has 0 aliphatic carbocycles. The van der Waals surface area contributed by atoms with Gasteiger partial charge in [-0.3, -0.25) is 0 Å². The minimum atomic E-state index is -0.676. The second kappa shape index (κ2) is 17.4. The third-order valence-corrected chi connectivity index (χ3v) is 8.76. The second-order valence-electron chi connectivity index (χ2n) is 11.5. The summed E-state index contributed by atoms with van der Waals surface area (Å²) in [4.78, 5) is 0. The molecule has 1 aliphatic heterocycles. The zero-order valence-electron chi connectivity index (χ0n) is 26.2. The zero-order valence-corrected chi connectivity index (χ0v) is 27.8. The summed E-state index contributed by atoms with van der Waals surface area (Å²) in [5.74, 6) is 0. The molecule has 5 aromatic carbocycles. The van der Waals surface area contributed by atoms with E-state index in [0.717, 1.165) is 32.4 Å². The number of hydrogen-bond acceptors (Lipinski definition) is 6. The van der Waals surface area contributed by atoms with Gasteiger partial charge in [-0.2, -0.15) is 0 Å². The van der Waals surface area contributed by atoms with Gasteiger partial charge in [0.2, 0.25) is 0 Å². The molecule has 242 valence electrons. The van der Waals surface area contributed by atoms with Gasteiger partial charge in [0.15, 0.2) is 6.29 Å². The first-order valence-electron chi connectivity index (χ1n) is 16.0. The fourth-order valence-corrected chi connectivity index (χ4v) is 6.04. The van der Waals surface area contributed by atoms with Gasteiger partial charge in [-0.25, -0.2) is 0 Å². The molecular weight excluding hydrogens is 654 g/mol. The van der Waals surface area contributed by atoms with Gasteiger partial charge in [-0.15, -0.1) is 0 Å². The Morgan fingerprint density at radius 1 is 0.511 bits per heavy atom. The first-order valence-corrected chi connectivity index (χ1v) is 16.8. The van der Waals surface area contributed by atoms with Gasteiger partial charge in [0.1, 0.15) is 24.4 Å². The number of halogens is 1. The Balaban J connectivity index is 1.32. The highest BCUT2D eigenvalue weighted by atomic mass is 79.9. The van der Waals surface area contributed by atoms with E-state index in [4.69, 9.17) is 23.7 Å². The SMILES string of the molecule is Brc1ccccc1N[C@H]1[C@H](OCc2ccccc2)O[C@H](COCc2ccccc2)[C@@H](OCc2ccccc2)[C@@H]1OCc1ccccc1. The van der Waals surface area contributed by atoms with Crippen molar-refractivity contribution >= 4 is 21.6 Å². The average Bonchev–Trinajstić information content (AvgIpc) is 3.12. The number of hydrogen-bond donors (Lipinski definition) is 1. The van der Waals surface area contributed by atoms with Crippen LogP contribution >= 0.6 is 15.9 Å². The van der Waals surface area contributed by atoms with E-state index in [1.54, 1.807) is 0 Å². The van der Waals surface area contributed by atoms with Gasteiger partial charge in [-0.05, 0) is 50.3 Å². The molecule has 6 nitrogen and oxygen atoms in total. The number of benzene rings is 5. The molecule has 1 saturated heterocycles. The highest BCUT2D eigenvalue weighted by molar-refractivity contribution is 9.10. The molecule has 6 rings (SSSR count). The lowest BCUT2D eigenvalue weighted by atomic mass is 9.95. The number of anilines is 1. The van der Waals surface area contributed by atoms with E-state index >= 15 is 0 Å². The highest BCUT2D eigenvalue weighted by Gasteiger charge is 2.48. The Labute approximate surface area is 285 Å². The van der Waals surface area contributed by atoms with Crippen molar-refractivity contribution in [2.45, 2.75) is 57.1 Å². The molecular formula is C40H40BrNO5. The molecule has 1 heterocycles. The van der Waals surface area contributed by atoms with Crippen molar-refractivity contribution < 1.29 is 23.7 Å². The third-order valence-electron chi connectivity index (χ3n) is 8.06. The van der Waals surface area contributed by atoms with Crippen LogP contribution in [0.2, 0.25) is 0 Å². The molecule has 0 aromatic heterocycles. The quantitative estimate of drug-likeness (QED) is 0.119. The standard InChI is InChI=1S/C40H40BrNO5/c41-34-23-13-14-24-35(34)42-37-39(45-27-32-19-9-3-10-20-32)38(44-26-31-17-7-2-8-18-31)36(29-43-25-30-15-5-1-6-16-30)47-40(37)46-28-33-21-11-4-12-22-33/h1-24,36-40,42H,25-29H2/t36-,37-,38-,39-,40-/m1/s1.